The molecule has 0 aliphatic carbocycles. The maximum Gasteiger partial charge on any atom is 0.284 e. The van der Waals surface area contributed by atoms with E-state index in [0.29, 0.717) is 5.75 Å². The number of methoxy groups -OCH3 is 1. The summed E-state index contributed by atoms with van der Waals surface area (Å²) in [7, 11) is 1.42. The van der Waals surface area contributed by atoms with Gasteiger partial charge in [0.1, 0.15) is 35.0 Å². The lowest BCUT2D eigenvalue weighted by Gasteiger charge is -2.03. The lowest BCUT2D eigenvalue weighted by molar-refractivity contribution is -0.384. The van der Waals surface area contributed by atoms with E-state index in [1.807, 2.05) is 0 Å². The maximum absolute atomic E-state index is 11.2. The molecular formula is C15H9N3O4. The van der Waals surface area contributed by atoms with Gasteiger partial charge in [-0.15, -0.1) is 0 Å². The summed E-state index contributed by atoms with van der Waals surface area (Å²) < 4.78 is 10.4. The van der Waals surface area contributed by atoms with E-state index in [9.17, 15) is 10.1 Å². The SMILES string of the molecule is COc1ccc(-c2ccc(C=C(C#N)C#N)o2)c([N+](=O)[O-])c1. The lowest BCUT2D eigenvalue weighted by atomic mass is 10.1. The number of furan rings is 1. The van der Waals surface area contributed by atoms with Gasteiger partial charge in [-0.2, -0.15) is 10.5 Å². The van der Waals surface area contributed by atoms with Crippen molar-refractivity contribution in [3.63, 3.8) is 0 Å². The van der Waals surface area contributed by atoms with Crippen molar-refractivity contribution in [3.05, 3.63) is 51.8 Å². The first-order valence-electron chi connectivity index (χ1n) is 6.03. The van der Waals surface area contributed by atoms with E-state index in [4.69, 9.17) is 19.7 Å². The average Bonchev–Trinajstić information content (AvgIpc) is 3.00. The Hall–Kier alpha value is -3.58. The molecule has 1 heterocycles. The summed E-state index contributed by atoms with van der Waals surface area (Å²) in [5.74, 6) is 0.882. The molecule has 0 fully saturated rings. The van der Waals surface area contributed by atoms with Crippen LogP contribution in [0.1, 0.15) is 5.76 Å². The minimum absolute atomic E-state index is 0.120. The van der Waals surface area contributed by atoms with E-state index >= 15 is 0 Å². The molecule has 0 amide bonds. The highest BCUT2D eigenvalue weighted by Gasteiger charge is 2.19. The Balaban J connectivity index is 2.48. The van der Waals surface area contributed by atoms with E-state index in [2.05, 4.69) is 0 Å². The highest BCUT2D eigenvalue weighted by molar-refractivity contribution is 5.72. The predicted octanol–water partition coefficient (Wildman–Crippen LogP) is 3.29. The smallest absolute Gasteiger partial charge is 0.284 e. The number of nitrogens with zero attached hydrogens (tertiary/aromatic N) is 3. The van der Waals surface area contributed by atoms with Crippen LogP contribution < -0.4 is 4.74 Å². The normalized spacial score (nSPS) is 9.41. The molecule has 0 radical (unpaired) electrons. The molecule has 0 bridgehead atoms. The first kappa shape index (κ1) is 14.8. The Morgan fingerprint density at radius 1 is 1.32 bits per heavy atom. The van der Waals surface area contributed by atoms with Gasteiger partial charge in [-0.3, -0.25) is 10.1 Å². The van der Waals surface area contributed by atoms with Crippen molar-refractivity contribution in [2.75, 3.05) is 7.11 Å². The molecule has 0 N–H and O–H groups in total. The van der Waals surface area contributed by atoms with Crippen LogP contribution in [0.3, 0.4) is 0 Å². The zero-order valence-electron chi connectivity index (χ0n) is 11.4. The fourth-order valence-electron chi connectivity index (χ4n) is 1.80. The Morgan fingerprint density at radius 3 is 2.64 bits per heavy atom. The van der Waals surface area contributed by atoms with Crippen LogP contribution in [0, 0.1) is 32.8 Å². The number of benzene rings is 1. The highest BCUT2D eigenvalue weighted by Crippen LogP contribution is 2.34. The Bertz CT molecular complexity index is 821. The number of rotatable bonds is 4. The van der Waals surface area contributed by atoms with Gasteiger partial charge in [0.15, 0.2) is 0 Å². The topological polar surface area (TPSA) is 113 Å². The minimum Gasteiger partial charge on any atom is -0.497 e. The van der Waals surface area contributed by atoms with Crippen molar-refractivity contribution in [1.29, 1.82) is 10.5 Å². The van der Waals surface area contributed by atoms with E-state index < -0.39 is 4.92 Å². The standard InChI is InChI=1S/C15H9N3O4/c1-21-11-2-4-13(14(7-11)18(19)20)15-5-3-12(22-15)6-10(8-16)9-17/h2-7H,1H3. The summed E-state index contributed by atoms with van der Waals surface area (Å²) in [6.07, 6.45) is 1.26. The second kappa shape index (κ2) is 6.25. The van der Waals surface area contributed by atoms with Crippen molar-refractivity contribution in [3.8, 4) is 29.2 Å². The van der Waals surface area contributed by atoms with Crippen LogP contribution in [0.4, 0.5) is 5.69 Å². The summed E-state index contributed by atoms with van der Waals surface area (Å²) in [6.45, 7) is 0. The number of nitro benzene ring substituents is 1. The average molecular weight is 295 g/mol. The summed E-state index contributed by atoms with van der Waals surface area (Å²) in [6, 6.07) is 10.9. The van der Waals surface area contributed by atoms with Gasteiger partial charge in [0.2, 0.25) is 0 Å². The molecule has 0 saturated heterocycles. The molecule has 22 heavy (non-hydrogen) atoms. The largest absolute Gasteiger partial charge is 0.497 e. The monoisotopic (exact) mass is 295 g/mol. The van der Waals surface area contributed by atoms with E-state index in [1.54, 1.807) is 18.2 Å². The van der Waals surface area contributed by atoms with Crippen LogP contribution in [0.5, 0.6) is 5.75 Å². The lowest BCUT2D eigenvalue weighted by Crippen LogP contribution is -1.93. The fourth-order valence-corrected chi connectivity index (χ4v) is 1.80. The highest BCUT2D eigenvalue weighted by atomic mass is 16.6. The minimum atomic E-state index is -0.536. The summed E-state index contributed by atoms with van der Waals surface area (Å²) in [4.78, 5) is 10.6. The van der Waals surface area contributed by atoms with Crippen LogP contribution in [0.15, 0.2) is 40.3 Å². The number of nitro groups is 1. The Morgan fingerprint density at radius 2 is 2.05 bits per heavy atom. The van der Waals surface area contributed by atoms with Gasteiger partial charge >= 0.3 is 0 Å². The second-order valence-corrected chi connectivity index (χ2v) is 4.12. The molecule has 1 aromatic carbocycles. The van der Waals surface area contributed by atoms with Gasteiger partial charge in [0, 0.05) is 6.08 Å². The molecule has 0 atom stereocenters. The van der Waals surface area contributed by atoms with E-state index in [-0.39, 0.29) is 28.3 Å². The van der Waals surface area contributed by atoms with Crippen LogP contribution in [0.2, 0.25) is 0 Å². The Kier molecular flexibility index (Phi) is 4.21. The van der Waals surface area contributed by atoms with E-state index in [0.717, 1.165) is 0 Å². The van der Waals surface area contributed by atoms with Crippen molar-refractivity contribution in [2.24, 2.45) is 0 Å². The molecule has 108 valence electrons. The molecule has 0 spiro atoms. The predicted molar refractivity (Wildman–Crippen MR) is 76.6 cm³/mol. The molecule has 0 aliphatic rings. The molecule has 1 aromatic heterocycles. The van der Waals surface area contributed by atoms with Crippen LogP contribution >= 0.6 is 0 Å². The summed E-state index contributed by atoms with van der Waals surface area (Å²) in [5, 5.41) is 28.6. The van der Waals surface area contributed by atoms with Gasteiger partial charge in [-0.1, -0.05) is 0 Å². The van der Waals surface area contributed by atoms with Crippen molar-refractivity contribution in [2.45, 2.75) is 0 Å². The number of hydrogen-bond donors (Lipinski definition) is 0. The molecular weight excluding hydrogens is 286 g/mol. The third-order valence-corrected chi connectivity index (χ3v) is 2.82. The molecule has 2 aromatic rings. The van der Waals surface area contributed by atoms with Crippen LogP contribution in [-0.4, -0.2) is 12.0 Å². The third kappa shape index (κ3) is 2.94. The van der Waals surface area contributed by atoms with Gasteiger partial charge in [0.05, 0.1) is 23.7 Å². The third-order valence-electron chi connectivity index (χ3n) is 2.82. The first-order chi connectivity index (χ1) is 10.6. The number of nitriles is 2. The Labute approximate surface area is 125 Å². The van der Waals surface area contributed by atoms with Crippen LogP contribution in [0.25, 0.3) is 17.4 Å². The number of ether oxygens (including phenoxy) is 1. The molecule has 0 unspecified atom stereocenters. The van der Waals surface area contributed by atoms with Gasteiger partial charge in [0.25, 0.3) is 5.69 Å². The molecule has 7 nitrogen and oxygen atoms in total. The first-order valence-corrected chi connectivity index (χ1v) is 6.03. The van der Waals surface area contributed by atoms with Crippen molar-refractivity contribution in [1.82, 2.24) is 0 Å². The fraction of sp³-hybridized carbons (Fsp3) is 0.0667. The maximum atomic E-state index is 11.2. The number of allylic oxidation sites excluding steroid dienone is 1. The molecule has 2 rings (SSSR count). The summed E-state index contributed by atoms with van der Waals surface area (Å²) >= 11 is 0. The number of hydrogen-bond acceptors (Lipinski definition) is 6. The zero-order chi connectivity index (χ0) is 16.1. The molecule has 0 saturated carbocycles. The zero-order valence-corrected chi connectivity index (χ0v) is 11.4. The second-order valence-electron chi connectivity index (χ2n) is 4.12. The van der Waals surface area contributed by atoms with Gasteiger partial charge in [-0.25, -0.2) is 0 Å². The van der Waals surface area contributed by atoms with Gasteiger partial charge < -0.3 is 9.15 Å². The van der Waals surface area contributed by atoms with Crippen LogP contribution in [-0.2, 0) is 0 Å². The van der Waals surface area contributed by atoms with Crippen molar-refractivity contribution >= 4 is 11.8 Å². The quantitative estimate of drug-likeness (QED) is 0.485. The summed E-state index contributed by atoms with van der Waals surface area (Å²) in [5.41, 5.74) is -0.00364. The molecule has 7 heteroatoms. The van der Waals surface area contributed by atoms with Crippen molar-refractivity contribution < 1.29 is 14.1 Å². The molecule has 0 aliphatic heterocycles. The van der Waals surface area contributed by atoms with Gasteiger partial charge in [-0.05, 0) is 24.3 Å². The van der Waals surface area contributed by atoms with E-state index in [1.165, 1.54) is 37.5 Å².